The summed E-state index contributed by atoms with van der Waals surface area (Å²) in [5.74, 6) is 0.169. The maximum absolute atomic E-state index is 12.7. The van der Waals surface area contributed by atoms with Crippen LogP contribution < -0.4 is 15.4 Å². The van der Waals surface area contributed by atoms with Crippen molar-refractivity contribution in [1.29, 1.82) is 0 Å². The number of anilines is 1. The SMILES string of the molecule is CC1(C)Oc2ccc(NC(=O)c3ccc(Cl)cn3)cc2C2(COC(NC(=O)O)=N2)C12COC2. The predicted octanol–water partition coefficient (Wildman–Crippen LogP) is 3.02. The van der Waals surface area contributed by atoms with Gasteiger partial charge in [-0.2, -0.15) is 0 Å². The second kappa shape index (κ2) is 7.32. The molecule has 2 aromatic rings. The Morgan fingerprint density at radius 3 is 2.55 bits per heavy atom. The molecule has 3 N–H and O–H groups in total. The number of nitrogens with one attached hydrogen (secondary N) is 2. The second-order valence-corrected chi connectivity index (χ2v) is 9.15. The molecule has 11 heteroatoms. The van der Waals surface area contributed by atoms with Crippen molar-refractivity contribution in [2.24, 2.45) is 10.4 Å². The minimum atomic E-state index is -1.27. The third kappa shape index (κ3) is 3.20. The zero-order valence-electron chi connectivity index (χ0n) is 17.8. The molecule has 1 unspecified atom stereocenters. The molecule has 33 heavy (non-hydrogen) atoms. The first-order valence-electron chi connectivity index (χ1n) is 10.2. The van der Waals surface area contributed by atoms with E-state index < -0.39 is 28.6 Å². The summed E-state index contributed by atoms with van der Waals surface area (Å²) < 4.78 is 17.6. The van der Waals surface area contributed by atoms with Crippen LogP contribution in [0.25, 0.3) is 0 Å². The van der Waals surface area contributed by atoms with Gasteiger partial charge in [-0.3, -0.25) is 4.79 Å². The van der Waals surface area contributed by atoms with Crippen LogP contribution in [0.3, 0.4) is 0 Å². The molecule has 172 valence electrons. The number of amides is 2. The number of hydrogen-bond acceptors (Lipinski definition) is 7. The van der Waals surface area contributed by atoms with E-state index in [1.807, 2.05) is 13.8 Å². The number of benzene rings is 1. The second-order valence-electron chi connectivity index (χ2n) is 8.71. The van der Waals surface area contributed by atoms with E-state index in [2.05, 4.69) is 15.6 Å². The van der Waals surface area contributed by atoms with Crippen LogP contribution in [0.1, 0.15) is 29.9 Å². The molecule has 1 aromatic carbocycles. The van der Waals surface area contributed by atoms with Crippen LogP contribution in [0.5, 0.6) is 5.75 Å². The van der Waals surface area contributed by atoms with E-state index in [9.17, 15) is 9.59 Å². The lowest BCUT2D eigenvalue weighted by atomic mass is 9.55. The van der Waals surface area contributed by atoms with Gasteiger partial charge < -0.3 is 24.6 Å². The van der Waals surface area contributed by atoms with E-state index in [4.69, 9.17) is 35.9 Å². The molecule has 1 fully saturated rings. The molecule has 5 rings (SSSR count). The largest absolute Gasteiger partial charge is 0.487 e. The van der Waals surface area contributed by atoms with Gasteiger partial charge in [0.25, 0.3) is 11.9 Å². The summed E-state index contributed by atoms with van der Waals surface area (Å²) in [6.45, 7) is 4.73. The zero-order valence-corrected chi connectivity index (χ0v) is 18.6. The van der Waals surface area contributed by atoms with Crippen molar-refractivity contribution in [3.63, 3.8) is 0 Å². The quantitative estimate of drug-likeness (QED) is 0.612. The third-order valence-corrected chi connectivity index (χ3v) is 6.80. The first-order valence-corrected chi connectivity index (χ1v) is 10.6. The molecule has 0 aliphatic carbocycles. The average molecular weight is 473 g/mol. The van der Waals surface area contributed by atoms with Gasteiger partial charge in [0.1, 0.15) is 29.2 Å². The monoisotopic (exact) mass is 472 g/mol. The number of aromatic nitrogens is 1. The lowest BCUT2D eigenvalue weighted by molar-refractivity contribution is -0.247. The van der Waals surface area contributed by atoms with Gasteiger partial charge in [-0.25, -0.2) is 20.1 Å². The summed E-state index contributed by atoms with van der Waals surface area (Å²) in [5.41, 5.74) is -0.864. The highest BCUT2D eigenvalue weighted by molar-refractivity contribution is 6.30. The number of carbonyl (C=O) groups excluding carboxylic acids is 1. The van der Waals surface area contributed by atoms with Crippen molar-refractivity contribution in [1.82, 2.24) is 10.3 Å². The Labute approximate surface area is 193 Å². The molecule has 1 atom stereocenters. The highest BCUT2D eigenvalue weighted by Crippen LogP contribution is 2.62. The Kier molecular flexibility index (Phi) is 4.77. The van der Waals surface area contributed by atoms with E-state index in [0.717, 1.165) is 0 Å². The van der Waals surface area contributed by atoms with Crippen molar-refractivity contribution < 1.29 is 28.9 Å². The number of carboxylic acid groups (broad SMARTS) is 1. The van der Waals surface area contributed by atoms with E-state index in [1.54, 1.807) is 24.3 Å². The molecule has 1 saturated heterocycles. The molecule has 1 aromatic heterocycles. The van der Waals surface area contributed by atoms with Crippen LogP contribution in [-0.2, 0) is 15.0 Å². The number of aliphatic imine (C=N–C) groups is 1. The number of pyridine rings is 1. The van der Waals surface area contributed by atoms with Gasteiger partial charge in [0.15, 0.2) is 0 Å². The summed E-state index contributed by atoms with van der Waals surface area (Å²) in [6.07, 6.45) is 0.128. The molecule has 2 amide bonds. The van der Waals surface area contributed by atoms with Crippen molar-refractivity contribution >= 4 is 35.3 Å². The minimum Gasteiger partial charge on any atom is -0.487 e. The molecule has 0 radical (unpaired) electrons. The fourth-order valence-corrected chi connectivity index (χ4v) is 4.81. The summed E-state index contributed by atoms with van der Waals surface area (Å²) in [6, 6.07) is 8.29. The first-order chi connectivity index (χ1) is 15.7. The van der Waals surface area contributed by atoms with Crippen LogP contribution in [-0.4, -0.2) is 53.5 Å². The van der Waals surface area contributed by atoms with Gasteiger partial charge in [0, 0.05) is 17.4 Å². The van der Waals surface area contributed by atoms with Crippen molar-refractivity contribution in [2.45, 2.75) is 25.0 Å². The van der Waals surface area contributed by atoms with Crippen LogP contribution >= 0.6 is 11.6 Å². The molecule has 3 aliphatic rings. The van der Waals surface area contributed by atoms with E-state index >= 15 is 0 Å². The number of hydrogen-bond donors (Lipinski definition) is 3. The fourth-order valence-electron chi connectivity index (χ4n) is 4.70. The Bertz CT molecular complexity index is 1180. The van der Waals surface area contributed by atoms with Gasteiger partial charge in [0.2, 0.25) is 0 Å². The van der Waals surface area contributed by atoms with Gasteiger partial charge in [-0.1, -0.05) is 11.6 Å². The summed E-state index contributed by atoms with van der Waals surface area (Å²) >= 11 is 5.85. The molecule has 0 saturated carbocycles. The Balaban J connectivity index is 1.57. The number of rotatable bonds is 2. The molecular formula is C22H21ClN4O6. The molecular weight excluding hydrogens is 452 g/mol. The zero-order chi connectivity index (χ0) is 23.4. The van der Waals surface area contributed by atoms with E-state index in [0.29, 0.717) is 35.2 Å². The van der Waals surface area contributed by atoms with Crippen molar-refractivity contribution in [3.05, 3.63) is 52.8 Å². The van der Waals surface area contributed by atoms with Crippen LogP contribution in [0.15, 0.2) is 41.5 Å². The molecule has 4 heterocycles. The Morgan fingerprint density at radius 2 is 1.91 bits per heavy atom. The maximum Gasteiger partial charge on any atom is 0.412 e. The molecule has 10 nitrogen and oxygen atoms in total. The number of nitrogens with zero attached hydrogens (tertiary/aromatic N) is 2. The van der Waals surface area contributed by atoms with Gasteiger partial charge in [-0.05, 0) is 44.2 Å². The first kappa shape index (κ1) is 21.5. The summed E-state index contributed by atoms with van der Waals surface area (Å²) in [4.78, 5) is 32.6. The number of ether oxygens (including phenoxy) is 3. The minimum absolute atomic E-state index is 0.0859. The van der Waals surface area contributed by atoms with E-state index in [1.165, 1.54) is 12.3 Å². The number of halogens is 1. The maximum atomic E-state index is 12.7. The highest BCUT2D eigenvalue weighted by Gasteiger charge is 2.71. The number of fused-ring (bicyclic) bond motifs is 3. The Morgan fingerprint density at radius 1 is 1.12 bits per heavy atom. The standard InChI is InChI=1S/C22H21ClN4O6/c1-20(2)21(9-31-10-21)22(11-32-18(27-22)26-19(29)30)14-7-13(4-6-16(14)33-20)25-17(28)15-5-3-12(23)8-24-15/h3-8H,9-11H2,1-2H3,(H,25,28)(H,26,27)(H,29,30). The third-order valence-electron chi connectivity index (χ3n) is 6.57. The van der Waals surface area contributed by atoms with E-state index in [-0.39, 0.29) is 18.3 Å². The highest BCUT2D eigenvalue weighted by atomic mass is 35.5. The van der Waals surface area contributed by atoms with Crippen molar-refractivity contribution in [2.75, 3.05) is 25.1 Å². The lowest BCUT2D eigenvalue weighted by Crippen LogP contribution is -2.71. The molecule has 3 aliphatic heterocycles. The molecule has 2 spiro atoms. The normalized spacial score (nSPS) is 23.5. The smallest absolute Gasteiger partial charge is 0.412 e. The van der Waals surface area contributed by atoms with Crippen molar-refractivity contribution in [3.8, 4) is 5.75 Å². The number of amidine groups is 1. The van der Waals surface area contributed by atoms with Crippen LogP contribution in [0, 0.1) is 5.41 Å². The summed E-state index contributed by atoms with van der Waals surface area (Å²) in [5, 5.41) is 14.6. The lowest BCUT2D eigenvalue weighted by Gasteiger charge is -2.61. The predicted molar refractivity (Wildman–Crippen MR) is 118 cm³/mol. The molecule has 0 bridgehead atoms. The average Bonchev–Trinajstić information content (AvgIpc) is 3.11. The van der Waals surface area contributed by atoms with Gasteiger partial charge in [-0.15, -0.1) is 0 Å². The van der Waals surface area contributed by atoms with Crippen LogP contribution in [0.2, 0.25) is 5.02 Å². The summed E-state index contributed by atoms with van der Waals surface area (Å²) in [7, 11) is 0. The van der Waals surface area contributed by atoms with Crippen LogP contribution in [0.4, 0.5) is 10.5 Å². The number of carbonyl (C=O) groups is 2. The van der Waals surface area contributed by atoms with Gasteiger partial charge >= 0.3 is 6.09 Å². The Hall–Kier alpha value is -3.37. The fraction of sp³-hybridized carbons (Fsp3) is 0.364. The topological polar surface area (TPSA) is 131 Å². The van der Waals surface area contributed by atoms with Gasteiger partial charge in [0.05, 0.1) is 23.7 Å².